The largest absolute Gasteiger partial charge is 0.503 e. The zero-order valence-electron chi connectivity index (χ0n) is 16.4. The normalized spacial score (nSPS) is 14.0. The Balaban J connectivity index is 1.70. The summed E-state index contributed by atoms with van der Waals surface area (Å²) >= 11 is 7.95. The van der Waals surface area contributed by atoms with Gasteiger partial charge in [0.15, 0.2) is 11.5 Å². The molecule has 162 valence electrons. The molecule has 0 radical (unpaired) electrons. The average molecular weight is 570 g/mol. The number of aromatic nitrogens is 1. The maximum absolute atomic E-state index is 13.1. The van der Waals surface area contributed by atoms with E-state index in [0.717, 1.165) is 5.56 Å². The molecule has 1 aliphatic rings. The summed E-state index contributed by atoms with van der Waals surface area (Å²) < 4.78 is 11.5. The molecular formula is C21H18Br2N2O5S. The van der Waals surface area contributed by atoms with Crippen LogP contribution in [0, 0.1) is 0 Å². The number of methoxy groups -OCH3 is 1. The molecule has 4 rings (SSSR count). The third kappa shape index (κ3) is 4.30. The maximum atomic E-state index is 13.1. The number of rotatable bonds is 4. The molecular weight excluding hydrogens is 552 g/mol. The van der Waals surface area contributed by atoms with Crippen LogP contribution >= 0.6 is 43.2 Å². The van der Waals surface area contributed by atoms with Gasteiger partial charge in [-0.15, -0.1) is 11.3 Å². The van der Waals surface area contributed by atoms with Gasteiger partial charge in [-0.25, -0.2) is 4.98 Å². The summed E-state index contributed by atoms with van der Waals surface area (Å²) in [5.41, 5.74) is 2.58. The van der Waals surface area contributed by atoms with E-state index in [1.165, 1.54) is 11.3 Å². The first-order valence-corrected chi connectivity index (χ1v) is 11.8. The third-order valence-electron chi connectivity index (χ3n) is 4.92. The first-order valence-electron chi connectivity index (χ1n) is 9.32. The molecule has 7 nitrogen and oxygen atoms in total. The van der Waals surface area contributed by atoms with Crippen LogP contribution in [0.2, 0.25) is 0 Å². The Morgan fingerprint density at radius 3 is 2.65 bits per heavy atom. The van der Waals surface area contributed by atoms with Crippen LogP contribution in [0.15, 0.2) is 38.6 Å². The first-order chi connectivity index (χ1) is 14.9. The van der Waals surface area contributed by atoms with Gasteiger partial charge >= 0.3 is 0 Å². The predicted octanol–water partition coefficient (Wildman–Crippen LogP) is 4.89. The molecule has 1 amide bonds. The molecule has 2 heterocycles. The van der Waals surface area contributed by atoms with E-state index in [1.54, 1.807) is 30.2 Å². The molecule has 2 N–H and O–H groups in total. The molecule has 0 spiro atoms. The fraction of sp³-hybridized carbons (Fsp3) is 0.238. The molecule has 1 saturated heterocycles. The Kier molecular flexibility index (Phi) is 6.52. The van der Waals surface area contributed by atoms with E-state index in [2.05, 4.69) is 36.8 Å². The zero-order valence-corrected chi connectivity index (χ0v) is 20.4. The van der Waals surface area contributed by atoms with Crippen LogP contribution in [0.5, 0.6) is 17.2 Å². The summed E-state index contributed by atoms with van der Waals surface area (Å²) in [6.07, 6.45) is 0. The Morgan fingerprint density at radius 1 is 1.19 bits per heavy atom. The number of phenols is 2. The molecule has 0 aliphatic carbocycles. The van der Waals surface area contributed by atoms with Crippen molar-refractivity contribution in [2.45, 2.75) is 0 Å². The quantitative estimate of drug-likeness (QED) is 0.434. The van der Waals surface area contributed by atoms with Crippen molar-refractivity contribution in [1.82, 2.24) is 9.88 Å². The molecule has 31 heavy (non-hydrogen) atoms. The lowest BCUT2D eigenvalue weighted by atomic mass is 10.1. The van der Waals surface area contributed by atoms with Gasteiger partial charge in [-0.05, 0) is 56.1 Å². The highest BCUT2D eigenvalue weighted by molar-refractivity contribution is 9.11. The second-order valence-electron chi connectivity index (χ2n) is 6.77. The number of thiazole rings is 1. The SMILES string of the molecule is COc1ccc(-c2csc(-c3cc(Br)c(O)c(O)c3Br)n2)cc1C(=O)N1CCOCC1. The predicted molar refractivity (Wildman–Crippen MR) is 125 cm³/mol. The van der Waals surface area contributed by atoms with Gasteiger partial charge in [-0.3, -0.25) is 4.79 Å². The monoisotopic (exact) mass is 568 g/mol. The van der Waals surface area contributed by atoms with E-state index in [1.807, 2.05) is 11.4 Å². The number of nitrogens with zero attached hydrogens (tertiary/aromatic N) is 2. The summed E-state index contributed by atoms with van der Waals surface area (Å²) in [4.78, 5) is 19.5. The summed E-state index contributed by atoms with van der Waals surface area (Å²) in [5.74, 6) is -0.101. The van der Waals surface area contributed by atoms with Crippen LogP contribution in [-0.4, -0.2) is 59.4 Å². The molecule has 10 heteroatoms. The van der Waals surface area contributed by atoms with Crippen molar-refractivity contribution < 1.29 is 24.5 Å². The van der Waals surface area contributed by atoms with Crippen molar-refractivity contribution in [2.75, 3.05) is 33.4 Å². The topological polar surface area (TPSA) is 92.1 Å². The summed E-state index contributed by atoms with van der Waals surface area (Å²) in [5, 5.41) is 22.5. The second kappa shape index (κ2) is 9.15. The Hall–Kier alpha value is -2.14. The van der Waals surface area contributed by atoms with Gasteiger partial charge in [0.2, 0.25) is 0 Å². The molecule has 2 aromatic carbocycles. The highest BCUT2D eigenvalue weighted by Gasteiger charge is 2.23. The molecule has 1 fully saturated rings. The summed E-state index contributed by atoms with van der Waals surface area (Å²) in [7, 11) is 1.54. The van der Waals surface area contributed by atoms with Crippen molar-refractivity contribution in [3.63, 3.8) is 0 Å². The Morgan fingerprint density at radius 2 is 1.94 bits per heavy atom. The van der Waals surface area contributed by atoms with Crippen molar-refractivity contribution in [2.24, 2.45) is 0 Å². The average Bonchev–Trinajstić information content (AvgIpc) is 3.29. The molecule has 3 aromatic rings. The van der Waals surface area contributed by atoms with Crippen LogP contribution in [0.4, 0.5) is 0 Å². The van der Waals surface area contributed by atoms with Gasteiger partial charge < -0.3 is 24.6 Å². The van der Waals surface area contributed by atoms with Crippen molar-refractivity contribution in [3.8, 4) is 39.1 Å². The van der Waals surface area contributed by atoms with Gasteiger partial charge in [0, 0.05) is 29.6 Å². The number of carbonyl (C=O) groups excluding carboxylic acids is 1. The number of phenolic OH excluding ortho intramolecular Hbond substituents is 2. The molecule has 0 atom stereocenters. The van der Waals surface area contributed by atoms with Crippen LogP contribution in [0.25, 0.3) is 21.8 Å². The second-order valence-corrected chi connectivity index (χ2v) is 9.28. The van der Waals surface area contributed by atoms with Gasteiger partial charge in [0.1, 0.15) is 10.8 Å². The standard InChI is InChI=1S/C21H18Br2N2O5S/c1-29-16-3-2-11(8-12(16)21(28)25-4-6-30-7-5-25)15-10-31-20(24-15)13-9-14(22)18(26)19(27)17(13)23/h2-3,8-10,26-27H,4-7H2,1H3. The number of morpholine rings is 1. The maximum Gasteiger partial charge on any atom is 0.257 e. The van der Waals surface area contributed by atoms with E-state index in [4.69, 9.17) is 9.47 Å². The summed E-state index contributed by atoms with van der Waals surface area (Å²) in [6, 6.07) is 7.09. The molecule has 0 unspecified atom stereocenters. The highest BCUT2D eigenvalue weighted by atomic mass is 79.9. The molecule has 1 aliphatic heterocycles. The van der Waals surface area contributed by atoms with E-state index in [-0.39, 0.29) is 17.4 Å². The molecule has 1 aromatic heterocycles. The first kappa shape index (κ1) is 22.1. The Bertz CT molecular complexity index is 1150. The lowest BCUT2D eigenvalue weighted by molar-refractivity contribution is 0.0301. The highest BCUT2D eigenvalue weighted by Crippen LogP contribution is 2.46. The number of carbonyl (C=O) groups is 1. The van der Waals surface area contributed by atoms with Crippen molar-refractivity contribution >= 4 is 49.1 Å². The minimum absolute atomic E-state index is 0.104. The van der Waals surface area contributed by atoms with Crippen LogP contribution in [-0.2, 0) is 4.74 Å². The van der Waals surface area contributed by atoms with Gasteiger partial charge in [0.05, 0.1) is 40.5 Å². The van der Waals surface area contributed by atoms with E-state index in [9.17, 15) is 15.0 Å². The fourth-order valence-electron chi connectivity index (χ4n) is 3.26. The number of aromatic hydroxyl groups is 2. The summed E-state index contributed by atoms with van der Waals surface area (Å²) in [6.45, 7) is 2.13. The van der Waals surface area contributed by atoms with Crippen molar-refractivity contribution in [3.05, 3.63) is 44.2 Å². The molecule has 0 saturated carbocycles. The lowest BCUT2D eigenvalue weighted by Crippen LogP contribution is -2.40. The number of hydrogen-bond acceptors (Lipinski definition) is 7. The molecule has 0 bridgehead atoms. The number of ether oxygens (including phenoxy) is 2. The minimum atomic E-state index is -0.260. The van der Waals surface area contributed by atoms with Crippen LogP contribution in [0.3, 0.4) is 0 Å². The van der Waals surface area contributed by atoms with Crippen LogP contribution in [0.1, 0.15) is 10.4 Å². The van der Waals surface area contributed by atoms with Gasteiger partial charge in [-0.2, -0.15) is 0 Å². The number of hydrogen-bond donors (Lipinski definition) is 2. The Labute approximate surface area is 199 Å². The smallest absolute Gasteiger partial charge is 0.257 e. The lowest BCUT2D eigenvalue weighted by Gasteiger charge is -2.27. The number of halogens is 2. The third-order valence-corrected chi connectivity index (χ3v) is 7.21. The van der Waals surface area contributed by atoms with E-state index >= 15 is 0 Å². The van der Waals surface area contributed by atoms with Gasteiger partial charge in [0.25, 0.3) is 5.91 Å². The minimum Gasteiger partial charge on any atom is -0.503 e. The number of benzene rings is 2. The fourth-order valence-corrected chi connectivity index (χ4v) is 5.15. The van der Waals surface area contributed by atoms with Crippen LogP contribution < -0.4 is 4.74 Å². The van der Waals surface area contributed by atoms with E-state index in [0.29, 0.717) is 62.8 Å². The van der Waals surface area contributed by atoms with Gasteiger partial charge in [-0.1, -0.05) is 0 Å². The van der Waals surface area contributed by atoms with E-state index < -0.39 is 0 Å². The van der Waals surface area contributed by atoms with Crippen molar-refractivity contribution in [1.29, 1.82) is 0 Å². The zero-order chi connectivity index (χ0) is 22.1. The number of amides is 1.